The van der Waals surface area contributed by atoms with Crippen LogP contribution in [-0.4, -0.2) is 62.5 Å². The van der Waals surface area contributed by atoms with E-state index in [1.54, 1.807) is 18.2 Å². The maximum Gasteiger partial charge on any atom is 0.417 e. The van der Waals surface area contributed by atoms with Crippen molar-refractivity contribution in [2.24, 2.45) is 0 Å². The molecule has 3 rings (SSSR count). The van der Waals surface area contributed by atoms with Crippen molar-refractivity contribution in [2.45, 2.75) is 30.7 Å². The Morgan fingerprint density at radius 1 is 1.20 bits per heavy atom. The van der Waals surface area contributed by atoms with E-state index in [0.717, 1.165) is 10.5 Å². The molecule has 2 aliphatic heterocycles. The predicted octanol–water partition coefficient (Wildman–Crippen LogP) is 1.14. The van der Waals surface area contributed by atoms with Crippen LogP contribution in [0.1, 0.15) is 18.4 Å². The Morgan fingerprint density at radius 3 is 2.44 bits per heavy atom. The van der Waals surface area contributed by atoms with E-state index in [-0.39, 0.29) is 36.5 Å². The summed E-state index contributed by atoms with van der Waals surface area (Å²) in [4.78, 5) is 24.6. The van der Waals surface area contributed by atoms with Gasteiger partial charge in [-0.3, -0.25) is 4.79 Å². The van der Waals surface area contributed by atoms with Gasteiger partial charge in [0.2, 0.25) is 10.0 Å². The van der Waals surface area contributed by atoms with E-state index in [0.29, 0.717) is 18.6 Å². The molecular weight excluding hydrogens is 348 g/mol. The molecule has 2 heterocycles. The van der Waals surface area contributed by atoms with Crippen molar-refractivity contribution >= 4 is 22.0 Å². The number of imide groups is 1. The number of benzene rings is 1. The van der Waals surface area contributed by atoms with Gasteiger partial charge in [-0.15, -0.1) is 0 Å². The quantitative estimate of drug-likeness (QED) is 0.791. The van der Waals surface area contributed by atoms with E-state index < -0.39 is 16.1 Å². The number of sulfonamides is 1. The lowest BCUT2D eigenvalue weighted by Gasteiger charge is -2.34. The highest BCUT2D eigenvalue weighted by Crippen LogP contribution is 2.30. The molecule has 25 heavy (non-hydrogen) atoms. The number of methoxy groups -OCH3 is 1. The normalized spacial score (nSPS) is 20.0. The molecule has 2 saturated heterocycles. The third kappa shape index (κ3) is 3.21. The molecular formula is C16H20N2O6S. The molecule has 0 unspecified atom stereocenters. The summed E-state index contributed by atoms with van der Waals surface area (Å²) >= 11 is 0. The van der Waals surface area contributed by atoms with Crippen LogP contribution in [-0.2, 0) is 19.6 Å². The van der Waals surface area contributed by atoms with Gasteiger partial charge in [0, 0.05) is 19.1 Å². The van der Waals surface area contributed by atoms with E-state index in [4.69, 9.17) is 9.47 Å². The second kappa shape index (κ2) is 6.64. The van der Waals surface area contributed by atoms with Gasteiger partial charge in [-0.2, -0.15) is 4.31 Å². The fourth-order valence-corrected chi connectivity index (χ4v) is 4.89. The minimum Gasteiger partial charge on any atom is -0.495 e. The zero-order valence-electron chi connectivity index (χ0n) is 14.1. The number of piperidine rings is 1. The topological polar surface area (TPSA) is 93.2 Å². The van der Waals surface area contributed by atoms with Crippen LogP contribution in [0.15, 0.2) is 23.1 Å². The Labute approximate surface area is 146 Å². The molecule has 0 radical (unpaired) electrons. The van der Waals surface area contributed by atoms with Crippen molar-refractivity contribution in [3.63, 3.8) is 0 Å². The molecule has 9 heteroatoms. The molecule has 136 valence electrons. The first-order valence-corrected chi connectivity index (χ1v) is 9.42. The van der Waals surface area contributed by atoms with E-state index >= 15 is 0 Å². The number of ether oxygens (including phenoxy) is 2. The average Bonchev–Trinajstić information content (AvgIpc) is 2.93. The summed E-state index contributed by atoms with van der Waals surface area (Å²) in [5.41, 5.74) is 0.819. The molecule has 0 bridgehead atoms. The molecule has 0 atom stereocenters. The summed E-state index contributed by atoms with van der Waals surface area (Å²) in [6.07, 6.45) is 0.120. The molecule has 0 aliphatic carbocycles. The zero-order valence-corrected chi connectivity index (χ0v) is 14.9. The molecule has 0 N–H and O–H groups in total. The van der Waals surface area contributed by atoms with Gasteiger partial charge in [-0.1, -0.05) is 6.07 Å². The number of aryl methyl sites for hydroxylation is 1. The molecule has 2 aliphatic rings. The van der Waals surface area contributed by atoms with Gasteiger partial charge < -0.3 is 9.47 Å². The van der Waals surface area contributed by atoms with Crippen molar-refractivity contribution < 1.29 is 27.5 Å². The standard InChI is InChI=1S/C16H20N2O6S/c1-11-3-4-13(23-2)14(9-11)25(21,22)17-7-5-12(6-8-17)18-15(19)10-24-16(18)20/h3-4,9,12H,5-8,10H2,1-2H3. The molecule has 2 fully saturated rings. The third-order valence-corrected chi connectivity index (χ3v) is 6.43. The Kier molecular flexibility index (Phi) is 4.70. The molecule has 0 spiro atoms. The van der Waals surface area contributed by atoms with Crippen LogP contribution in [0.25, 0.3) is 0 Å². The summed E-state index contributed by atoms with van der Waals surface area (Å²) in [6.45, 7) is 2.02. The first-order valence-electron chi connectivity index (χ1n) is 7.98. The number of cyclic esters (lactones) is 1. The minimum atomic E-state index is -3.71. The van der Waals surface area contributed by atoms with Crippen LogP contribution >= 0.6 is 0 Å². The maximum atomic E-state index is 12.9. The third-order valence-electron chi connectivity index (χ3n) is 4.51. The average molecular weight is 368 g/mol. The highest BCUT2D eigenvalue weighted by molar-refractivity contribution is 7.89. The molecule has 0 saturated carbocycles. The van der Waals surface area contributed by atoms with Crippen LogP contribution in [0.2, 0.25) is 0 Å². The highest BCUT2D eigenvalue weighted by atomic mass is 32.2. The van der Waals surface area contributed by atoms with Crippen LogP contribution in [0.3, 0.4) is 0 Å². The number of nitrogens with zero attached hydrogens (tertiary/aromatic N) is 2. The van der Waals surface area contributed by atoms with Crippen LogP contribution in [0.5, 0.6) is 5.75 Å². The van der Waals surface area contributed by atoms with E-state index in [1.807, 2.05) is 6.92 Å². The monoisotopic (exact) mass is 368 g/mol. The number of hydrogen-bond donors (Lipinski definition) is 0. The molecule has 1 aromatic rings. The number of carbonyl (C=O) groups is 2. The van der Waals surface area contributed by atoms with Gasteiger partial charge in [0.15, 0.2) is 6.61 Å². The Balaban J connectivity index is 1.77. The van der Waals surface area contributed by atoms with E-state index in [9.17, 15) is 18.0 Å². The first-order chi connectivity index (χ1) is 11.8. The molecule has 1 aromatic carbocycles. The lowest BCUT2D eigenvalue weighted by Crippen LogP contribution is -2.48. The Bertz CT molecular complexity index is 783. The predicted molar refractivity (Wildman–Crippen MR) is 87.7 cm³/mol. The van der Waals surface area contributed by atoms with Gasteiger partial charge in [0.05, 0.1) is 7.11 Å². The lowest BCUT2D eigenvalue weighted by atomic mass is 10.1. The minimum absolute atomic E-state index is 0.130. The van der Waals surface area contributed by atoms with Gasteiger partial charge in [0.25, 0.3) is 5.91 Å². The maximum absolute atomic E-state index is 12.9. The first kappa shape index (κ1) is 17.7. The van der Waals surface area contributed by atoms with Crippen molar-refractivity contribution in [1.29, 1.82) is 0 Å². The van der Waals surface area contributed by atoms with Gasteiger partial charge in [-0.05, 0) is 37.5 Å². The zero-order chi connectivity index (χ0) is 18.2. The number of amides is 2. The Hall–Kier alpha value is -2.13. The molecule has 2 amide bonds. The van der Waals surface area contributed by atoms with Crippen molar-refractivity contribution in [2.75, 3.05) is 26.8 Å². The van der Waals surface area contributed by atoms with Crippen LogP contribution in [0.4, 0.5) is 4.79 Å². The molecule has 8 nitrogen and oxygen atoms in total. The fraction of sp³-hybridized carbons (Fsp3) is 0.500. The Morgan fingerprint density at radius 2 is 1.88 bits per heavy atom. The number of rotatable bonds is 4. The highest BCUT2D eigenvalue weighted by Gasteiger charge is 2.40. The number of hydrogen-bond acceptors (Lipinski definition) is 6. The van der Waals surface area contributed by atoms with Gasteiger partial charge in [0.1, 0.15) is 10.6 Å². The fourth-order valence-electron chi connectivity index (χ4n) is 3.18. The van der Waals surface area contributed by atoms with E-state index in [2.05, 4.69) is 0 Å². The second-order valence-electron chi connectivity index (χ2n) is 6.11. The van der Waals surface area contributed by atoms with E-state index in [1.165, 1.54) is 11.4 Å². The van der Waals surface area contributed by atoms with Crippen LogP contribution in [0, 0.1) is 6.92 Å². The van der Waals surface area contributed by atoms with Crippen molar-refractivity contribution in [1.82, 2.24) is 9.21 Å². The molecule has 0 aromatic heterocycles. The number of carbonyl (C=O) groups excluding carboxylic acids is 2. The summed E-state index contributed by atoms with van der Waals surface area (Å²) in [5.74, 6) is -0.0716. The summed E-state index contributed by atoms with van der Waals surface area (Å²) in [6, 6.07) is 4.68. The lowest BCUT2D eigenvalue weighted by molar-refractivity contribution is -0.127. The van der Waals surface area contributed by atoms with Crippen molar-refractivity contribution in [3.8, 4) is 5.75 Å². The SMILES string of the molecule is COc1ccc(C)cc1S(=O)(=O)N1CCC(N2C(=O)COC2=O)CC1. The summed E-state index contributed by atoms with van der Waals surface area (Å²) in [5, 5.41) is 0. The second-order valence-corrected chi connectivity index (χ2v) is 8.01. The summed E-state index contributed by atoms with van der Waals surface area (Å²) < 4.78 is 37.2. The smallest absolute Gasteiger partial charge is 0.417 e. The van der Waals surface area contributed by atoms with Crippen molar-refractivity contribution in [3.05, 3.63) is 23.8 Å². The summed E-state index contributed by atoms with van der Waals surface area (Å²) in [7, 11) is -2.28. The van der Waals surface area contributed by atoms with Crippen LogP contribution < -0.4 is 4.74 Å². The largest absolute Gasteiger partial charge is 0.495 e. The van der Waals surface area contributed by atoms with Gasteiger partial charge in [-0.25, -0.2) is 18.1 Å². The van der Waals surface area contributed by atoms with Gasteiger partial charge >= 0.3 is 6.09 Å².